The molecule has 0 atom stereocenters. The van der Waals surface area contributed by atoms with E-state index in [1.54, 1.807) is 42.6 Å². The summed E-state index contributed by atoms with van der Waals surface area (Å²) in [4.78, 5) is 16.7. The minimum atomic E-state index is -0.430. The third kappa shape index (κ3) is 3.97. The number of ether oxygens (including phenoxy) is 1. The van der Waals surface area contributed by atoms with Crippen LogP contribution in [0.1, 0.15) is 16.1 Å². The fraction of sp³-hybridized carbons (Fsp3) is 0.105. The molecule has 0 saturated heterocycles. The van der Waals surface area contributed by atoms with Crippen LogP contribution in [0.5, 0.6) is 0 Å². The smallest absolute Gasteiger partial charge is 0.338 e. The predicted octanol–water partition coefficient (Wildman–Crippen LogP) is 4.92. The van der Waals surface area contributed by atoms with E-state index in [-0.39, 0.29) is 6.61 Å². The Morgan fingerprint density at radius 2 is 1.93 bits per heavy atom. The van der Waals surface area contributed by atoms with Gasteiger partial charge in [-0.15, -0.1) is 0 Å². The van der Waals surface area contributed by atoms with Gasteiger partial charge in [0.15, 0.2) is 5.58 Å². The molecule has 0 aliphatic heterocycles. The third-order valence-electron chi connectivity index (χ3n) is 3.90. The second kappa shape index (κ2) is 7.42. The first-order valence-electron chi connectivity index (χ1n) is 8.11. The van der Waals surface area contributed by atoms with E-state index in [0.717, 1.165) is 5.69 Å². The monoisotopic (exact) mass is 401 g/mol. The number of fused-ring (bicyclic) bond motifs is 1. The fourth-order valence-corrected chi connectivity index (χ4v) is 3.14. The van der Waals surface area contributed by atoms with E-state index in [2.05, 4.69) is 15.2 Å². The quantitative estimate of drug-likeness (QED) is 0.479. The first-order valence-corrected chi connectivity index (χ1v) is 8.86. The van der Waals surface area contributed by atoms with Crippen molar-refractivity contribution in [2.75, 3.05) is 6.61 Å². The van der Waals surface area contributed by atoms with Crippen molar-refractivity contribution in [3.05, 3.63) is 70.0 Å². The number of nitrogens with zero attached hydrogens (tertiary/aromatic N) is 2. The van der Waals surface area contributed by atoms with Gasteiger partial charge in [0.05, 0.1) is 12.2 Å². The van der Waals surface area contributed by atoms with Gasteiger partial charge in [0.25, 0.3) is 0 Å². The number of hydrogen-bond donors (Lipinski definition) is 1. The van der Waals surface area contributed by atoms with E-state index in [1.165, 1.54) is 0 Å². The van der Waals surface area contributed by atoms with Gasteiger partial charge in [0.2, 0.25) is 5.89 Å². The molecule has 2 aromatic heterocycles. The molecule has 6 nitrogen and oxygen atoms in total. The molecule has 136 valence electrons. The van der Waals surface area contributed by atoms with Crippen molar-refractivity contribution >= 4 is 40.3 Å². The minimum absolute atomic E-state index is 0.252. The number of nitrogens with one attached hydrogen (secondary N) is 1. The van der Waals surface area contributed by atoms with Crippen LogP contribution < -0.4 is 0 Å². The summed E-state index contributed by atoms with van der Waals surface area (Å²) in [5.74, 6) is -0.0562. The molecule has 8 heteroatoms. The van der Waals surface area contributed by atoms with E-state index < -0.39 is 5.97 Å². The fourth-order valence-electron chi connectivity index (χ4n) is 2.61. The molecular formula is C19H13Cl2N3O3. The van der Waals surface area contributed by atoms with Crippen molar-refractivity contribution in [2.45, 2.75) is 6.42 Å². The zero-order valence-electron chi connectivity index (χ0n) is 13.9. The molecule has 0 unspecified atom stereocenters. The summed E-state index contributed by atoms with van der Waals surface area (Å²) in [5, 5.41) is 7.64. The lowest BCUT2D eigenvalue weighted by Crippen LogP contribution is -2.08. The van der Waals surface area contributed by atoms with E-state index in [9.17, 15) is 4.79 Å². The largest absolute Gasteiger partial charge is 0.462 e. The lowest BCUT2D eigenvalue weighted by Gasteiger charge is -2.03. The van der Waals surface area contributed by atoms with Gasteiger partial charge in [0, 0.05) is 33.9 Å². The van der Waals surface area contributed by atoms with Gasteiger partial charge in [-0.25, -0.2) is 9.78 Å². The molecule has 0 aliphatic carbocycles. The summed E-state index contributed by atoms with van der Waals surface area (Å²) >= 11 is 12.1. The molecule has 0 radical (unpaired) electrons. The normalized spacial score (nSPS) is 11.0. The Morgan fingerprint density at radius 1 is 1.11 bits per heavy atom. The molecular weight excluding hydrogens is 389 g/mol. The highest BCUT2D eigenvalue weighted by Crippen LogP contribution is 2.29. The topological polar surface area (TPSA) is 81.0 Å². The zero-order valence-corrected chi connectivity index (χ0v) is 15.4. The summed E-state index contributed by atoms with van der Waals surface area (Å²) < 4.78 is 11.1. The van der Waals surface area contributed by atoms with Gasteiger partial charge in [-0.3, -0.25) is 5.10 Å². The molecule has 0 fully saturated rings. The molecule has 0 aliphatic rings. The molecule has 1 N–H and O–H groups in total. The molecule has 0 bridgehead atoms. The van der Waals surface area contributed by atoms with E-state index in [1.807, 2.05) is 6.07 Å². The van der Waals surface area contributed by atoms with Crippen molar-refractivity contribution in [3.8, 4) is 11.5 Å². The van der Waals surface area contributed by atoms with Gasteiger partial charge in [-0.05, 0) is 42.5 Å². The van der Waals surface area contributed by atoms with Crippen LogP contribution in [0.15, 0.2) is 53.1 Å². The molecule has 4 aromatic rings. The number of esters is 1. The van der Waals surface area contributed by atoms with E-state index >= 15 is 0 Å². The molecule has 4 rings (SSSR count). The van der Waals surface area contributed by atoms with Crippen LogP contribution in [-0.2, 0) is 11.2 Å². The van der Waals surface area contributed by atoms with Gasteiger partial charge in [-0.1, -0.05) is 23.2 Å². The van der Waals surface area contributed by atoms with Gasteiger partial charge in [0.1, 0.15) is 5.52 Å². The number of oxazole rings is 1. The average molecular weight is 402 g/mol. The van der Waals surface area contributed by atoms with Crippen LogP contribution >= 0.6 is 23.2 Å². The number of H-pyrrole nitrogens is 1. The summed E-state index contributed by atoms with van der Waals surface area (Å²) in [5.41, 5.74) is 3.05. The predicted molar refractivity (Wildman–Crippen MR) is 102 cm³/mol. The van der Waals surface area contributed by atoms with E-state index in [4.69, 9.17) is 32.4 Å². The SMILES string of the molecule is O=C(OCCc1ccn[nH]1)c1ccc2nc(-c3cc(Cl)cc(Cl)c3)oc2c1. The Kier molecular flexibility index (Phi) is 4.83. The molecule has 27 heavy (non-hydrogen) atoms. The van der Waals surface area contributed by atoms with Crippen molar-refractivity contribution < 1.29 is 13.9 Å². The number of carbonyl (C=O) groups excluding carboxylic acids is 1. The highest BCUT2D eigenvalue weighted by atomic mass is 35.5. The van der Waals surface area contributed by atoms with Crippen LogP contribution in [0.4, 0.5) is 0 Å². The molecule has 2 heterocycles. The number of carbonyl (C=O) groups is 1. The second-order valence-electron chi connectivity index (χ2n) is 5.83. The van der Waals surface area contributed by atoms with Crippen molar-refractivity contribution in [1.29, 1.82) is 0 Å². The van der Waals surface area contributed by atoms with Crippen LogP contribution in [-0.4, -0.2) is 27.8 Å². The molecule has 0 saturated carbocycles. The Hall–Kier alpha value is -2.83. The summed E-state index contributed by atoms with van der Waals surface area (Å²) in [6, 6.07) is 11.9. The summed E-state index contributed by atoms with van der Waals surface area (Å²) in [6.45, 7) is 0.252. The lowest BCUT2D eigenvalue weighted by atomic mass is 10.2. The maximum atomic E-state index is 12.2. The first-order chi connectivity index (χ1) is 13.1. The maximum Gasteiger partial charge on any atom is 0.338 e. The van der Waals surface area contributed by atoms with Gasteiger partial charge >= 0.3 is 5.97 Å². The van der Waals surface area contributed by atoms with Crippen molar-refractivity contribution in [2.24, 2.45) is 0 Å². The number of hydrogen-bond acceptors (Lipinski definition) is 5. The van der Waals surface area contributed by atoms with Gasteiger partial charge < -0.3 is 9.15 Å². The lowest BCUT2D eigenvalue weighted by molar-refractivity contribution is 0.0508. The Labute approximate surface area is 164 Å². The Bertz CT molecular complexity index is 1090. The number of aromatic nitrogens is 3. The highest BCUT2D eigenvalue weighted by Gasteiger charge is 2.14. The maximum absolute atomic E-state index is 12.2. The summed E-state index contributed by atoms with van der Waals surface area (Å²) in [6.07, 6.45) is 2.22. The average Bonchev–Trinajstić information content (AvgIpc) is 3.29. The number of halogens is 2. The number of aromatic amines is 1. The molecule has 0 amide bonds. The van der Waals surface area contributed by atoms with E-state index in [0.29, 0.717) is 44.6 Å². The van der Waals surface area contributed by atoms with Crippen LogP contribution in [0.25, 0.3) is 22.6 Å². The number of benzene rings is 2. The van der Waals surface area contributed by atoms with Crippen molar-refractivity contribution in [3.63, 3.8) is 0 Å². The molecule has 0 spiro atoms. The zero-order chi connectivity index (χ0) is 18.8. The van der Waals surface area contributed by atoms with Crippen LogP contribution in [0.3, 0.4) is 0 Å². The Morgan fingerprint density at radius 3 is 2.67 bits per heavy atom. The van der Waals surface area contributed by atoms with Crippen LogP contribution in [0.2, 0.25) is 10.0 Å². The number of rotatable bonds is 5. The minimum Gasteiger partial charge on any atom is -0.462 e. The molecule has 2 aromatic carbocycles. The Balaban J connectivity index is 1.52. The van der Waals surface area contributed by atoms with Crippen LogP contribution in [0, 0.1) is 0 Å². The third-order valence-corrected chi connectivity index (χ3v) is 4.33. The first kappa shape index (κ1) is 17.6. The van der Waals surface area contributed by atoms with Crippen molar-refractivity contribution in [1.82, 2.24) is 15.2 Å². The standard InChI is InChI=1S/C19H13Cl2N3O3/c20-13-7-12(8-14(21)10-13)18-23-16-2-1-11(9-17(16)27-18)19(25)26-6-4-15-3-5-22-24-15/h1-3,5,7-10H,4,6H2,(H,22,24). The summed E-state index contributed by atoms with van der Waals surface area (Å²) in [7, 11) is 0. The van der Waals surface area contributed by atoms with Gasteiger partial charge in [-0.2, -0.15) is 5.10 Å². The highest BCUT2D eigenvalue weighted by molar-refractivity contribution is 6.35. The second-order valence-corrected chi connectivity index (χ2v) is 6.70.